The van der Waals surface area contributed by atoms with Crippen LogP contribution in [0.1, 0.15) is 57.7 Å². The quantitative estimate of drug-likeness (QED) is 0.366. The van der Waals surface area contributed by atoms with E-state index in [-0.39, 0.29) is 17.7 Å². The van der Waals surface area contributed by atoms with Gasteiger partial charge in [0.1, 0.15) is 11.7 Å². The summed E-state index contributed by atoms with van der Waals surface area (Å²) in [5.41, 5.74) is 10.2. The standard InChI is InChI=1S/C27H35N5O3/c1-27(2,3)19-12-14-20(15-13-19)32-21(17-23(31-32)22-10-7-8-16-29-22)9-5-4-6-11-25(34)30-24(18-33)26(28)35/h7-8,10,12-17,24,33H,4-6,9,11,18H2,1-3H3,(H2,28,35)(H,30,34)/t24-/m0/s1. The van der Waals surface area contributed by atoms with Crippen molar-refractivity contribution in [2.24, 2.45) is 5.73 Å². The van der Waals surface area contributed by atoms with Gasteiger partial charge in [-0.2, -0.15) is 5.10 Å². The minimum absolute atomic E-state index is 0.0749. The largest absolute Gasteiger partial charge is 0.394 e. The molecule has 0 aliphatic heterocycles. The fourth-order valence-corrected chi connectivity index (χ4v) is 3.81. The summed E-state index contributed by atoms with van der Waals surface area (Å²) >= 11 is 0. The molecule has 8 nitrogen and oxygen atoms in total. The third-order valence-corrected chi connectivity index (χ3v) is 5.89. The molecule has 1 atom stereocenters. The van der Waals surface area contributed by atoms with Gasteiger partial charge in [0, 0.05) is 18.3 Å². The van der Waals surface area contributed by atoms with Crippen LogP contribution in [0.5, 0.6) is 0 Å². The molecule has 8 heteroatoms. The first-order valence-corrected chi connectivity index (χ1v) is 12.0. The number of primary amides is 1. The average Bonchev–Trinajstić information content (AvgIpc) is 3.26. The van der Waals surface area contributed by atoms with Gasteiger partial charge in [-0.25, -0.2) is 4.68 Å². The Morgan fingerprint density at radius 3 is 2.40 bits per heavy atom. The van der Waals surface area contributed by atoms with Gasteiger partial charge in [-0.1, -0.05) is 45.4 Å². The highest BCUT2D eigenvalue weighted by molar-refractivity contribution is 5.86. The van der Waals surface area contributed by atoms with Crippen molar-refractivity contribution in [3.8, 4) is 17.1 Å². The average molecular weight is 478 g/mol. The van der Waals surface area contributed by atoms with Crippen LogP contribution in [0, 0.1) is 0 Å². The first-order chi connectivity index (χ1) is 16.7. The number of amides is 2. The van der Waals surface area contributed by atoms with Crippen molar-refractivity contribution < 1.29 is 14.7 Å². The second-order valence-corrected chi connectivity index (χ2v) is 9.71. The topological polar surface area (TPSA) is 123 Å². The molecule has 186 valence electrons. The molecule has 0 radical (unpaired) electrons. The fraction of sp³-hybridized carbons (Fsp3) is 0.407. The maximum Gasteiger partial charge on any atom is 0.242 e. The molecule has 2 amide bonds. The van der Waals surface area contributed by atoms with Crippen LogP contribution in [0.2, 0.25) is 0 Å². The maximum atomic E-state index is 12.0. The van der Waals surface area contributed by atoms with Crippen molar-refractivity contribution >= 4 is 11.8 Å². The molecule has 0 aliphatic carbocycles. The van der Waals surface area contributed by atoms with E-state index >= 15 is 0 Å². The highest BCUT2D eigenvalue weighted by atomic mass is 16.3. The Kier molecular flexibility index (Phi) is 8.76. The van der Waals surface area contributed by atoms with Crippen LogP contribution in [0.25, 0.3) is 17.1 Å². The number of hydrogen-bond acceptors (Lipinski definition) is 5. The lowest BCUT2D eigenvalue weighted by molar-refractivity contribution is -0.128. The first-order valence-electron chi connectivity index (χ1n) is 12.0. The highest BCUT2D eigenvalue weighted by Crippen LogP contribution is 2.25. The van der Waals surface area contributed by atoms with E-state index in [1.807, 2.05) is 22.9 Å². The smallest absolute Gasteiger partial charge is 0.242 e. The summed E-state index contributed by atoms with van der Waals surface area (Å²) in [5.74, 6) is -1.03. The number of hydrogen-bond donors (Lipinski definition) is 3. The molecule has 0 saturated carbocycles. The monoisotopic (exact) mass is 477 g/mol. The van der Waals surface area contributed by atoms with Gasteiger partial charge in [0.25, 0.3) is 0 Å². The highest BCUT2D eigenvalue weighted by Gasteiger charge is 2.17. The summed E-state index contributed by atoms with van der Waals surface area (Å²) in [7, 11) is 0. The van der Waals surface area contributed by atoms with Gasteiger partial charge in [0.2, 0.25) is 11.8 Å². The van der Waals surface area contributed by atoms with Crippen LogP contribution in [0.3, 0.4) is 0 Å². The number of nitrogens with zero attached hydrogens (tertiary/aromatic N) is 3. The lowest BCUT2D eigenvalue weighted by atomic mass is 9.87. The normalized spacial score (nSPS) is 12.3. The van der Waals surface area contributed by atoms with Gasteiger partial charge in [0.15, 0.2) is 0 Å². The van der Waals surface area contributed by atoms with E-state index < -0.39 is 18.6 Å². The van der Waals surface area contributed by atoms with Crippen molar-refractivity contribution in [1.29, 1.82) is 0 Å². The summed E-state index contributed by atoms with van der Waals surface area (Å²) in [6.07, 6.45) is 5.21. The van der Waals surface area contributed by atoms with Crippen molar-refractivity contribution in [3.05, 3.63) is 66.0 Å². The molecule has 0 unspecified atom stereocenters. The molecule has 3 aromatic rings. The molecule has 4 N–H and O–H groups in total. The van der Waals surface area contributed by atoms with E-state index in [9.17, 15) is 9.59 Å². The molecule has 1 aromatic carbocycles. The van der Waals surface area contributed by atoms with E-state index in [2.05, 4.69) is 61.4 Å². The second-order valence-electron chi connectivity index (χ2n) is 9.71. The molecule has 0 spiro atoms. The van der Waals surface area contributed by atoms with Crippen molar-refractivity contribution in [2.75, 3.05) is 6.61 Å². The Bertz CT molecular complexity index is 1120. The summed E-state index contributed by atoms with van der Waals surface area (Å²) < 4.78 is 1.97. The number of pyridine rings is 1. The van der Waals surface area contributed by atoms with Crippen LogP contribution in [0.4, 0.5) is 0 Å². The molecule has 2 aromatic heterocycles. The van der Waals surface area contributed by atoms with Gasteiger partial charge >= 0.3 is 0 Å². The Morgan fingerprint density at radius 1 is 1.06 bits per heavy atom. The van der Waals surface area contributed by atoms with Gasteiger partial charge in [-0.05, 0) is 60.6 Å². The number of nitrogens with two attached hydrogens (primary N) is 1. The molecule has 2 heterocycles. The summed E-state index contributed by atoms with van der Waals surface area (Å²) in [6.45, 7) is 6.08. The van der Waals surface area contributed by atoms with Gasteiger partial charge in [-0.3, -0.25) is 14.6 Å². The summed E-state index contributed by atoms with van der Waals surface area (Å²) in [4.78, 5) is 27.6. The number of carbonyl (C=O) groups excluding carboxylic acids is 2. The van der Waals surface area contributed by atoms with E-state index in [1.54, 1.807) is 6.20 Å². The van der Waals surface area contributed by atoms with E-state index in [0.717, 1.165) is 42.0 Å². The second kappa shape index (κ2) is 11.8. The van der Waals surface area contributed by atoms with Crippen LogP contribution in [0.15, 0.2) is 54.7 Å². The lowest BCUT2D eigenvalue weighted by Gasteiger charge is -2.19. The molecule has 3 rings (SSSR count). The zero-order chi connectivity index (χ0) is 25.4. The molecule has 0 fully saturated rings. The van der Waals surface area contributed by atoms with Crippen LogP contribution >= 0.6 is 0 Å². The van der Waals surface area contributed by atoms with Crippen LogP contribution in [-0.4, -0.2) is 44.3 Å². The van der Waals surface area contributed by atoms with E-state index in [0.29, 0.717) is 6.42 Å². The number of aromatic nitrogens is 3. The minimum Gasteiger partial charge on any atom is -0.394 e. The number of aliphatic hydroxyl groups is 1. The Balaban J connectivity index is 1.67. The van der Waals surface area contributed by atoms with Gasteiger partial charge in [0.05, 0.1) is 18.0 Å². The molecule has 35 heavy (non-hydrogen) atoms. The molecular formula is C27H35N5O3. The van der Waals surface area contributed by atoms with Crippen LogP contribution in [-0.2, 0) is 21.4 Å². The number of aliphatic hydroxyl groups excluding tert-OH is 1. The zero-order valence-corrected chi connectivity index (χ0v) is 20.7. The molecule has 0 saturated heterocycles. The number of carbonyl (C=O) groups is 2. The fourth-order valence-electron chi connectivity index (χ4n) is 3.81. The number of unbranched alkanes of at least 4 members (excludes halogenated alkanes) is 2. The number of rotatable bonds is 11. The predicted octanol–water partition coefficient (Wildman–Crippen LogP) is 3.30. The first kappa shape index (κ1) is 26.1. The molecular weight excluding hydrogens is 442 g/mol. The predicted molar refractivity (Wildman–Crippen MR) is 136 cm³/mol. The van der Waals surface area contributed by atoms with Crippen molar-refractivity contribution in [2.45, 2.75) is 64.3 Å². The molecule has 0 bridgehead atoms. The number of aryl methyl sites for hydroxylation is 1. The summed E-state index contributed by atoms with van der Waals surface area (Å²) in [6, 6.07) is 15.3. The lowest BCUT2D eigenvalue weighted by Crippen LogP contribution is -2.46. The number of benzene rings is 1. The zero-order valence-electron chi connectivity index (χ0n) is 20.7. The minimum atomic E-state index is -1.04. The third-order valence-electron chi connectivity index (χ3n) is 5.89. The third kappa shape index (κ3) is 7.23. The van der Waals surface area contributed by atoms with Gasteiger partial charge < -0.3 is 16.2 Å². The Labute approximate surface area is 206 Å². The Morgan fingerprint density at radius 2 is 1.80 bits per heavy atom. The SMILES string of the molecule is CC(C)(C)c1ccc(-n2nc(-c3ccccn3)cc2CCCCCC(=O)N[C@@H](CO)C(N)=O)cc1. The number of nitrogens with one attached hydrogen (secondary N) is 1. The molecule has 0 aliphatic rings. The van der Waals surface area contributed by atoms with Crippen molar-refractivity contribution in [1.82, 2.24) is 20.1 Å². The van der Waals surface area contributed by atoms with E-state index in [4.69, 9.17) is 15.9 Å². The maximum absolute atomic E-state index is 12.0. The Hall–Kier alpha value is -3.52. The van der Waals surface area contributed by atoms with Crippen molar-refractivity contribution in [3.63, 3.8) is 0 Å². The van der Waals surface area contributed by atoms with Crippen LogP contribution < -0.4 is 11.1 Å². The van der Waals surface area contributed by atoms with E-state index in [1.165, 1.54) is 5.56 Å². The summed E-state index contributed by atoms with van der Waals surface area (Å²) in [5, 5.41) is 16.4. The van der Waals surface area contributed by atoms with Gasteiger partial charge in [-0.15, -0.1) is 0 Å².